The van der Waals surface area contributed by atoms with Crippen molar-refractivity contribution in [1.82, 2.24) is 29.9 Å². The van der Waals surface area contributed by atoms with E-state index in [1.54, 1.807) is 37.5 Å². The molecule has 36 heteroatoms. The Balaban J connectivity index is 1.47. The fraction of sp³-hybridized carbons (Fsp3) is 0.200. The third-order valence-electron chi connectivity index (χ3n) is 10.4. The number of benzene rings is 4. The minimum atomic E-state index is -5.11. The SMILES string of the molecule is CCN(CC)c1nc(=Nc2ccc(/C=C/c3ccc(N=c4nc(N(CC)CC)[nH]c(=Nc5cc(S(=O)(=O)O)ccc5S(=O)(=O)O)[nH]4)cc3S(=O)(=O)O)c(S(=O)(=O)O)c2)[nH]c(=Nc2cc(S(=O)(=O)O)ccc2S(=O)(=O)O)[nH]1. The van der Waals surface area contributed by atoms with Crippen molar-refractivity contribution in [3.05, 3.63) is 106 Å². The monoisotopic (exact) mass is 1170 g/mol. The van der Waals surface area contributed by atoms with E-state index in [4.69, 9.17) is 0 Å². The van der Waals surface area contributed by atoms with Crippen LogP contribution in [0.2, 0.25) is 0 Å². The first-order valence-corrected chi connectivity index (χ1v) is 30.0. The van der Waals surface area contributed by atoms with Crippen LogP contribution < -0.4 is 32.3 Å². The van der Waals surface area contributed by atoms with Crippen molar-refractivity contribution in [3.8, 4) is 0 Å². The second-order valence-corrected chi connectivity index (χ2v) is 23.8. The molecule has 0 aliphatic rings. The maximum atomic E-state index is 12.8. The van der Waals surface area contributed by atoms with Gasteiger partial charge in [0.25, 0.3) is 60.7 Å². The van der Waals surface area contributed by atoms with Crippen LogP contribution in [0.1, 0.15) is 38.8 Å². The number of nitrogens with zero attached hydrogens (tertiary/aromatic N) is 8. The van der Waals surface area contributed by atoms with Crippen molar-refractivity contribution >= 4 is 108 Å². The third kappa shape index (κ3) is 14.4. The van der Waals surface area contributed by atoms with E-state index in [9.17, 15) is 77.8 Å². The van der Waals surface area contributed by atoms with Gasteiger partial charge in [0.2, 0.25) is 34.4 Å². The lowest BCUT2D eigenvalue weighted by Gasteiger charge is -2.18. The fourth-order valence-electron chi connectivity index (χ4n) is 6.86. The number of H-pyrrole nitrogens is 4. The summed E-state index contributed by atoms with van der Waals surface area (Å²) in [5.74, 6) is 0.0907. The highest BCUT2D eigenvalue weighted by atomic mass is 32.2. The van der Waals surface area contributed by atoms with Crippen molar-refractivity contribution in [2.45, 2.75) is 57.1 Å². The van der Waals surface area contributed by atoms with Crippen LogP contribution in [0.5, 0.6) is 0 Å². The van der Waals surface area contributed by atoms with Gasteiger partial charge >= 0.3 is 0 Å². The zero-order valence-corrected chi connectivity index (χ0v) is 44.4. The van der Waals surface area contributed by atoms with E-state index in [0.29, 0.717) is 62.6 Å². The molecule has 0 atom stereocenters. The van der Waals surface area contributed by atoms with Crippen molar-refractivity contribution in [2.75, 3.05) is 36.0 Å². The van der Waals surface area contributed by atoms with E-state index >= 15 is 0 Å². The molecule has 2 heterocycles. The Morgan fingerprint density at radius 1 is 0.421 bits per heavy atom. The van der Waals surface area contributed by atoms with Crippen LogP contribution in [-0.4, -0.2) is 134 Å². The molecule has 0 radical (unpaired) electrons. The second-order valence-electron chi connectivity index (χ2n) is 15.4. The minimum Gasteiger partial charge on any atom is -0.343 e. The molecule has 0 aliphatic heterocycles. The Morgan fingerprint density at radius 3 is 1.04 bits per heavy atom. The van der Waals surface area contributed by atoms with Gasteiger partial charge in [-0.2, -0.15) is 60.5 Å². The Kier molecular flexibility index (Phi) is 17.0. The van der Waals surface area contributed by atoms with Crippen LogP contribution in [0, 0.1) is 0 Å². The largest absolute Gasteiger partial charge is 0.343 e. The topological polar surface area (TPSA) is 471 Å². The van der Waals surface area contributed by atoms with Gasteiger partial charge in [-0.1, -0.05) is 24.3 Å². The van der Waals surface area contributed by atoms with Crippen LogP contribution in [0.15, 0.2) is 122 Å². The van der Waals surface area contributed by atoms with E-state index in [2.05, 4.69) is 49.9 Å². The van der Waals surface area contributed by atoms with E-state index in [1.807, 2.05) is 0 Å². The molecule has 4 aromatic carbocycles. The van der Waals surface area contributed by atoms with Gasteiger partial charge in [-0.15, -0.1) is 0 Å². The van der Waals surface area contributed by atoms with Gasteiger partial charge in [0.15, 0.2) is 0 Å². The summed E-state index contributed by atoms with van der Waals surface area (Å²) in [6.45, 7) is 8.29. The highest BCUT2D eigenvalue weighted by molar-refractivity contribution is 7.87. The first-order valence-electron chi connectivity index (χ1n) is 21.4. The predicted octanol–water partition coefficient (Wildman–Crippen LogP) is 2.06. The van der Waals surface area contributed by atoms with Crippen LogP contribution in [-0.2, 0) is 60.7 Å². The maximum Gasteiger partial charge on any atom is 0.296 e. The molecular weight excluding hydrogens is 1130 g/mol. The number of hydrogen-bond donors (Lipinski definition) is 10. The van der Waals surface area contributed by atoms with Crippen LogP contribution in [0.3, 0.4) is 0 Å². The van der Waals surface area contributed by atoms with Crippen molar-refractivity contribution in [2.24, 2.45) is 20.0 Å². The molecule has 0 saturated carbocycles. The summed E-state index contributed by atoms with van der Waals surface area (Å²) in [5.41, 5.74) is -3.57. The summed E-state index contributed by atoms with van der Waals surface area (Å²) < 4.78 is 207. The maximum absolute atomic E-state index is 12.8. The molecule has 0 bridgehead atoms. The first-order chi connectivity index (χ1) is 35.2. The molecule has 0 spiro atoms. The van der Waals surface area contributed by atoms with Gasteiger partial charge in [0.1, 0.15) is 19.6 Å². The van der Waals surface area contributed by atoms with Gasteiger partial charge in [-0.3, -0.25) is 47.3 Å². The quantitative estimate of drug-likeness (QED) is 0.0435. The van der Waals surface area contributed by atoms with Crippen molar-refractivity contribution in [3.63, 3.8) is 0 Å². The number of rotatable bonds is 18. The minimum absolute atomic E-state index is 0.0454. The molecule has 30 nitrogen and oxygen atoms in total. The zero-order valence-electron chi connectivity index (χ0n) is 39.5. The average Bonchev–Trinajstić information content (AvgIpc) is 3.30. The number of hydrogen-bond acceptors (Lipinski definition) is 20. The molecule has 6 aromatic rings. The first kappa shape index (κ1) is 58.2. The smallest absolute Gasteiger partial charge is 0.296 e. The Labute approximate surface area is 432 Å². The lowest BCUT2D eigenvalue weighted by atomic mass is 10.1. The van der Waals surface area contributed by atoms with Gasteiger partial charge in [-0.05, 0) is 99.5 Å². The highest BCUT2D eigenvalue weighted by Crippen LogP contribution is 2.30. The highest BCUT2D eigenvalue weighted by Gasteiger charge is 2.23. The van der Waals surface area contributed by atoms with E-state index < -0.39 is 101 Å². The molecule has 0 aliphatic carbocycles. The summed E-state index contributed by atoms with van der Waals surface area (Å²) in [7, 11) is -30.1. The molecule has 6 rings (SSSR count). The molecule has 408 valence electrons. The summed E-state index contributed by atoms with van der Waals surface area (Å²) in [4.78, 5) is 34.8. The number of aromatic nitrogens is 6. The Hall–Kier alpha value is -7.10. The van der Waals surface area contributed by atoms with E-state index in [1.165, 1.54) is 12.1 Å². The Bertz CT molecular complexity index is 4040. The molecule has 0 unspecified atom stereocenters. The molecule has 10 N–H and O–H groups in total. The van der Waals surface area contributed by atoms with Crippen molar-refractivity contribution < 1.29 is 77.8 Å². The molecule has 0 saturated heterocycles. The lowest BCUT2D eigenvalue weighted by molar-refractivity contribution is 0.478. The summed E-state index contributed by atoms with van der Waals surface area (Å²) >= 11 is 0. The number of nitrogens with one attached hydrogen (secondary N) is 4. The molecule has 76 heavy (non-hydrogen) atoms. The van der Waals surface area contributed by atoms with Crippen LogP contribution in [0.25, 0.3) is 12.2 Å². The molecule has 0 fully saturated rings. The molecule has 2 aromatic heterocycles. The third-order valence-corrected chi connectivity index (χ3v) is 15.7. The van der Waals surface area contributed by atoms with Crippen molar-refractivity contribution in [1.29, 1.82) is 0 Å². The normalized spacial score (nSPS) is 14.0. The average molecular weight is 1170 g/mol. The standard InChI is InChI=1S/C40H44N12O18S6/c1-5-51(6-2)39-47-35(45-37(49-39)43-29-21-27(71(53,54)55)15-17-31(29)73(59,60)61)41-25-13-11-23(33(19-25)75(65,66)67)9-10-24-12-14-26(20-34(24)76(68,69)70)42-36-46-38(50-40(48-36)52(7-3)8-4)44-30-22-28(72(56,57)58)16-18-32(30)74(62,63)64/h9-22H,5-8H2,1-4H3,(H,53,54,55)(H,56,57,58)(H,59,60,61)(H,62,63,64)(H,65,66,67)(H,68,69,70)(H2,41,43,45,47,49)(H2,42,44,46,48,50)/b10-9+. The summed E-state index contributed by atoms with van der Waals surface area (Å²) in [6.07, 6.45) is 2.14. The van der Waals surface area contributed by atoms with Gasteiger partial charge in [0.05, 0.1) is 32.5 Å². The summed E-state index contributed by atoms with van der Waals surface area (Å²) in [6, 6.07) is 10.7. The summed E-state index contributed by atoms with van der Waals surface area (Å²) in [5, 5.41) is 0. The van der Waals surface area contributed by atoms with Crippen LogP contribution >= 0.6 is 0 Å². The van der Waals surface area contributed by atoms with E-state index in [-0.39, 0.29) is 56.9 Å². The molecule has 0 amide bonds. The van der Waals surface area contributed by atoms with Gasteiger partial charge in [-0.25, -0.2) is 20.0 Å². The second kappa shape index (κ2) is 22.2. The van der Waals surface area contributed by atoms with Crippen LogP contribution in [0.4, 0.5) is 34.6 Å². The molecular formula is C40H44N12O18S6. The lowest BCUT2D eigenvalue weighted by Crippen LogP contribution is -2.34. The number of aromatic amines is 4. The number of anilines is 2. The zero-order chi connectivity index (χ0) is 56.3. The Morgan fingerprint density at radius 2 is 0.750 bits per heavy atom. The van der Waals surface area contributed by atoms with E-state index in [0.717, 1.165) is 36.4 Å². The van der Waals surface area contributed by atoms with Gasteiger partial charge in [0, 0.05) is 26.2 Å². The fourth-order valence-corrected chi connectivity index (χ4v) is 10.5. The van der Waals surface area contributed by atoms with Gasteiger partial charge < -0.3 is 9.80 Å². The predicted molar refractivity (Wildman–Crippen MR) is 267 cm³/mol.